The summed E-state index contributed by atoms with van der Waals surface area (Å²) in [6, 6.07) is 2.17. The number of aromatic nitrogens is 5. The van der Waals surface area contributed by atoms with E-state index in [1.165, 1.54) is 18.3 Å². The Hall–Kier alpha value is -2.96. The van der Waals surface area contributed by atoms with Crippen molar-refractivity contribution in [3.8, 4) is 6.01 Å². The number of rotatable bonds is 7. The SMILES string of the molecule is CCc1cc2c(N3CCn4c(nnc4C(F)(F)F)C3)nc(OCC(C)COC(C)=O)nc2s1. The second kappa shape index (κ2) is 9.12. The highest BCUT2D eigenvalue weighted by Crippen LogP contribution is 2.35. The average molecular weight is 485 g/mol. The van der Waals surface area contributed by atoms with Crippen LogP contribution in [-0.2, 0) is 35.2 Å². The molecular formula is C20H23F3N6O3S. The van der Waals surface area contributed by atoms with Gasteiger partial charge in [-0.05, 0) is 12.5 Å². The van der Waals surface area contributed by atoms with Crippen LogP contribution >= 0.6 is 11.3 Å². The summed E-state index contributed by atoms with van der Waals surface area (Å²) in [4.78, 5) is 23.8. The van der Waals surface area contributed by atoms with Crippen LogP contribution in [0.2, 0.25) is 0 Å². The van der Waals surface area contributed by atoms with Crippen molar-refractivity contribution in [2.24, 2.45) is 5.92 Å². The molecule has 13 heteroatoms. The number of nitrogens with zero attached hydrogens (tertiary/aromatic N) is 6. The number of esters is 1. The van der Waals surface area contributed by atoms with Crippen LogP contribution in [0.5, 0.6) is 6.01 Å². The van der Waals surface area contributed by atoms with E-state index >= 15 is 0 Å². The Balaban J connectivity index is 1.60. The molecule has 0 fully saturated rings. The highest BCUT2D eigenvalue weighted by atomic mass is 32.1. The molecule has 0 aromatic carbocycles. The summed E-state index contributed by atoms with van der Waals surface area (Å²) in [5.41, 5.74) is 0. The van der Waals surface area contributed by atoms with Crippen LogP contribution in [0.4, 0.5) is 19.0 Å². The minimum Gasteiger partial charge on any atom is -0.465 e. The highest BCUT2D eigenvalue weighted by molar-refractivity contribution is 7.18. The molecule has 3 aromatic heterocycles. The lowest BCUT2D eigenvalue weighted by molar-refractivity contribution is -0.147. The van der Waals surface area contributed by atoms with Crippen molar-refractivity contribution in [3.05, 3.63) is 22.6 Å². The zero-order valence-corrected chi connectivity index (χ0v) is 19.2. The van der Waals surface area contributed by atoms with E-state index in [2.05, 4.69) is 20.2 Å². The van der Waals surface area contributed by atoms with E-state index in [9.17, 15) is 18.0 Å². The fourth-order valence-corrected chi connectivity index (χ4v) is 4.44. The molecule has 1 aliphatic heterocycles. The minimum atomic E-state index is -4.55. The van der Waals surface area contributed by atoms with Gasteiger partial charge in [0.25, 0.3) is 0 Å². The molecule has 0 spiro atoms. The molecule has 1 unspecified atom stereocenters. The van der Waals surface area contributed by atoms with Crippen molar-refractivity contribution in [3.63, 3.8) is 0 Å². The van der Waals surface area contributed by atoms with E-state index < -0.39 is 12.0 Å². The van der Waals surface area contributed by atoms with Crippen molar-refractivity contribution in [2.45, 2.75) is 46.5 Å². The molecule has 1 atom stereocenters. The van der Waals surface area contributed by atoms with Gasteiger partial charge < -0.3 is 18.9 Å². The van der Waals surface area contributed by atoms with Gasteiger partial charge in [-0.25, -0.2) is 0 Å². The first kappa shape index (κ1) is 23.2. The first-order valence-corrected chi connectivity index (χ1v) is 11.3. The Morgan fingerprint density at radius 1 is 1.24 bits per heavy atom. The van der Waals surface area contributed by atoms with Crippen LogP contribution in [0.3, 0.4) is 0 Å². The topological polar surface area (TPSA) is 95.3 Å². The lowest BCUT2D eigenvalue weighted by atomic mass is 10.2. The number of hydrogen-bond donors (Lipinski definition) is 0. The van der Waals surface area contributed by atoms with E-state index in [4.69, 9.17) is 9.47 Å². The molecular weight excluding hydrogens is 461 g/mol. The monoisotopic (exact) mass is 484 g/mol. The number of thiophene rings is 1. The molecule has 9 nitrogen and oxygen atoms in total. The summed E-state index contributed by atoms with van der Waals surface area (Å²) in [7, 11) is 0. The molecule has 178 valence electrons. The van der Waals surface area contributed by atoms with Crippen LogP contribution in [0.25, 0.3) is 10.2 Å². The maximum Gasteiger partial charge on any atom is 0.451 e. The van der Waals surface area contributed by atoms with Gasteiger partial charge in [0.15, 0.2) is 5.82 Å². The third-order valence-corrected chi connectivity index (χ3v) is 6.30. The molecule has 0 saturated carbocycles. The third kappa shape index (κ3) is 5.02. The fourth-order valence-electron chi connectivity index (χ4n) is 3.49. The number of alkyl halides is 3. The minimum absolute atomic E-state index is 0.0690. The van der Waals surface area contributed by atoms with Crippen molar-refractivity contribution in [1.29, 1.82) is 0 Å². The molecule has 3 aromatic rings. The Morgan fingerprint density at radius 3 is 2.73 bits per heavy atom. The van der Waals surface area contributed by atoms with Gasteiger partial charge in [-0.1, -0.05) is 13.8 Å². The van der Waals surface area contributed by atoms with Gasteiger partial charge in [0, 0.05) is 30.8 Å². The Bertz CT molecular complexity index is 1160. The summed E-state index contributed by atoms with van der Waals surface area (Å²) >= 11 is 1.52. The predicted molar refractivity (Wildman–Crippen MR) is 114 cm³/mol. The molecule has 1 aliphatic rings. The molecule has 0 aliphatic carbocycles. The molecule has 4 heterocycles. The molecule has 0 bridgehead atoms. The third-order valence-electron chi connectivity index (χ3n) is 5.13. The van der Waals surface area contributed by atoms with Crippen molar-refractivity contribution >= 4 is 33.3 Å². The van der Waals surface area contributed by atoms with Crippen LogP contribution < -0.4 is 9.64 Å². The van der Waals surface area contributed by atoms with Crippen LogP contribution in [-0.4, -0.2) is 50.5 Å². The molecule has 0 N–H and O–H groups in total. The van der Waals surface area contributed by atoms with Gasteiger partial charge in [0.05, 0.1) is 25.1 Å². The van der Waals surface area contributed by atoms with Crippen molar-refractivity contribution in [1.82, 2.24) is 24.7 Å². The van der Waals surface area contributed by atoms with Crippen LogP contribution in [0, 0.1) is 5.92 Å². The zero-order valence-electron chi connectivity index (χ0n) is 18.3. The van der Waals surface area contributed by atoms with E-state index in [0.717, 1.165) is 26.1 Å². The van der Waals surface area contributed by atoms with Gasteiger partial charge in [0.1, 0.15) is 10.6 Å². The summed E-state index contributed by atoms with van der Waals surface area (Å²) in [6.45, 7) is 6.24. The summed E-state index contributed by atoms with van der Waals surface area (Å²) in [6.07, 6.45) is -3.73. The molecule has 0 saturated heterocycles. The van der Waals surface area contributed by atoms with Crippen LogP contribution in [0.15, 0.2) is 6.07 Å². The fraction of sp³-hybridized carbons (Fsp3) is 0.550. The maximum absolute atomic E-state index is 13.2. The largest absolute Gasteiger partial charge is 0.465 e. The smallest absolute Gasteiger partial charge is 0.451 e. The predicted octanol–water partition coefficient (Wildman–Crippen LogP) is 3.46. The van der Waals surface area contributed by atoms with Gasteiger partial charge in [-0.15, -0.1) is 21.5 Å². The number of carbonyl (C=O) groups is 1. The average Bonchev–Trinajstić information content (AvgIpc) is 3.38. The molecule has 0 amide bonds. The Labute approximate surface area is 191 Å². The Morgan fingerprint density at radius 2 is 2.03 bits per heavy atom. The van der Waals surface area contributed by atoms with E-state index in [0.29, 0.717) is 12.4 Å². The Kier molecular flexibility index (Phi) is 6.41. The number of carbonyl (C=O) groups excluding carboxylic acids is 1. The summed E-state index contributed by atoms with van der Waals surface area (Å²) in [5, 5.41) is 7.92. The second-order valence-electron chi connectivity index (χ2n) is 7.84. The lowest BCUT2D eigenvalue weighted by Gasteiger charge is -2.29. The summed E-state index contributed by atoms with van der Waals surface area (Å²) in [5.74, 6) is -0.607. The van der Waals surface area contributed by atoms with Crippen molar-refractivity contribution < 1.29 is 27.4 Å². The standard InChI is InChI=1S/C20H23F3N6O3S/c1-4-13-7-14-16(28-5-6-29-15(8-28)26-27-18(29)20(21,22)23)24-19(25-17(14)33-13)32-10-11(2)9-31-12(3)30/h7,11H,4-6,8-10H2,1-3H3. The van der Waals surface area contributed by atoms with Gasteiger partial charge >= 0.3 is 18.2 Å². The summed E-state index contributed by atoms with van der Waals surface area (Å²) < 4.78 is 51.4. The second-order valence-corrected chi connectivity index (χ2v) is 8.96. The van der Waals surface area contributed by atoms with E-state index in [1.54, 1.807) is 0 Å². The first-order valence-electron chi connectivity index (χ1n) is 10.5. The van der Waals surface area contributed by atoms with Crippen molar-refractivity contribution in [2.75, 3.05) is 24.7 Å². The van der Waals surface area contributed by atoms with Gasteiger partial charge in [-0.3, -0.25) is 4.79 Å². The number of halogens is 3. The number of aryl methyl sites for hydroxylation is 1. The number of fused-ring (bicyclic) bond motifs is 2. The van der Waals surface area contributed by atoms with E-state index in [-0.39, 0.29) is 50.0 Å². The maximum atomic E-state index is 13.2. The quantitative estimate of drug-likeness (QED) is 0.471. The zero-order chi connectivity index (χ0) is 23.8. The number of ether oxygens (including phenoxy) is 2. The highest BCUT2D eigenvalue weighted by Gasteiger charge is 2.39. The molecule has 4 rings (SSSR count). The van der Waals surface area contributed by atoms with Gasteiger partial charge in [-0.2, -0.15) is 23.1 Å². The first-order chi connectivity index (χ1) is 15.7. The number of anilines is 1. The molecule has 33 heavy (non-hydrogen) atoms. The lowest BCUT2D eigenvalue weighted by Crippen LogP contribution is -2.36. The number of hydrogen-bond acceptors (Lipinski definition) is 9. The molecule has 0 radical (unpaired) electrons. The van der Waals surface area contributed by atoms with E-state index in [1.807, 2.05) is 24.8 Å². The van der Waals surface area contributed by atoms with Gasteiger partial charge in [0.2, 0.25) is 5.82 Å². The van der Waals surface area contributed by atoms with Crippen LogP contribution in [0.1, 0.15) is 37.3 Å². The normalized spacial score (nSPS) is 14.9.